The van der Waals surface area contributed by atoms with Crippen LogP contribution in [0.3, 0.4) is 0 Å². The fraction of sp³-hybridized carbons (Fsp3) is 0.267. The second-order valence-electron chi connectivity index (χ2n) is 5.40. The first kappa shape index (κ1) is 24.0. The third-order valence-corrected chi connectivity index (χ3v) is 5.38. The molecule has 28 heavy (non-hydrogen) atoms. The number of rotatable bonds is 9. The van der Waals surface area contributed by atoms with E-state index in [0.717, 1.165) is 11.9 Å². The molecule has 1 aromatic heterocycles. The first-order valence-corrected chi connectivity index (χ1v) is 11.6. The predicted octanol–water partition coefficient (Wildman–Crippen LogP) is 1.37. The molecule has 0 saturated carbocycles. The Labute approximate surface area is 177 Å². The molecule has 1 unspecified atom stereocenters. The van der Waals surface area contributed by atoms with Crippen molar-refractivity contribution < 1.29 is 13.2 Å². The van der Waals surface area contributed by atoms with E-state index in [1.165, 1.54) is 29.2 Å². The summed E-state index contributed by atoms with van der Waals surface area (Å²) in [7, 11) is -3.40. The smallest absolute Gasteiger partial charge is 0.251 e. The standard InChI is InChI=1S/C15H20N6O3S3.ClH/c1-27(23,24)21-11-4-2-3-10(7-11)13(22)18-5-6-26-14(20-15(16)17)12-8-25-9-19-12;/h2-4,7-9,14,21H,5-6H2,1H3,(H,18,22)(H4,16,17,20);1H. The minimum absolute atomic E-state index is 0. The van der Waals surface area contributed by atoms with E-state index in [9.17, 15) is 13.2 Å². The van der Waals surface area contributed by atoms with E-state index in [4.69, 9.17) is 11.5 Å². The topological polar surface area (TPSA) is 153 Å². The van der Waals surface area contributed by atoms with E-state index in [2.05, 4.69) is 20.0 Å². The first-order chi connectivity index (χ1) is 12.7. The molecule has 2 aromatic rings. The van der Waals surface area contributed by atoms with Crippen molar-refractivity contribution in [3.8, 4) is 0 Å². The number of amides is 1. The summed E-state index contributed by atoms with van der Waals surface area (Å²) >= 11 is 2.89. The molecule has 0 radical (unpaired) electrons. The third-order valence-electron chi connectivity index (χ3n) is 3.06. The van der Waals surface area contributed by atoms with E-state index in [1.807, 2.05) is 5.38 Å². The number of anilines is 1. The van der Waals surface area contributed by atoms with Gasteiger partial charge in [0.1, 0.15) is 5.37 Å². The fourth-order valence-corrected chi connectivity index (χ4v) is 4.20. The zero-order valence-electron chi connectivity index (χ0n) is 14.9. The van der Waals surface area contributed by atoms with Crippen LogP contribution >= 0.6 is 35.5 Å². The number of sulfonamides is 1. The lowest BCUT2D eigenvalue weighted by Crippen LogP contribution is -2.26. The number of hydrogen-bond acceptors (Lipinski definition) is 7. The van der Waals surface area contributed by atoms with Crippen LogP contribution in [0, 0.1) is 0 Å². The summed E-state index contributed by atoms with van der Waals surface area (Å²) in [6.07, 6.45) is 1.05. The largest absolute Gasteiger partial charge is 0.370 e. The third kappa shape index (κ3) is 8.33. The number of nitrogens with zero attached hydrogens (tertiary/aromatic N) is 2. The van der Waals surface area contributed by atoms with Crippen molar-refractivity contribution in [3.63, 3.8) is 0 Å². The highest BCUT2D eigenvalue weighted by Crippen LogP contribution is 2.29. The molecule has 0 saturated heterocycles. The lowest BCUT2D eigenvalue weighted by Gasteiger charge is -2.11. The van der Waals surface area contributed by atoms with Crippen molar-refractivity contribution >= 4 is 63.1 Å². The molecular formula is C15H21ClN6O3S3. The van der Waals surface area contributed by atoms with Gasteiger partial charge >= 0.3 is 0 Å². The number of aromatic nitrogens is 1. The molecule has 2 rings (SSSR count). The van der Waals surface area contributed by atoms with Crippen molar-refractivity contribution in [1.82, 2.24) is 10.3 Å². The second-order valence-corrected chi connectivity index (χ2v) is 9.06. The van der Waals surface area contributed by atoms with Crippen LogP contribution in [-0.4, -0.2) is 43.8 Å². The summed E-state index contributed by atoms with van der Waals surface area (Å²) < 4.78 is 24.9. The first-order valence-electron chi connectivity index (χ1n) is 7.69. The maximum Gasteiger partial charge on any atom is 0.251 e. The predicted molar refractivity (Wildman–Crippen MR) is 118 cm³/mol. The molecule has 0 fully saturated rings. The van der Waals surface area contributed by atoms with Crippen LogP contribution < -0.4 is 21.5 Å². The number of aliphatic imine (C=N–C) groups is 1. The van der Waals surface area contributed by atoms with Crippen LogP contribution in [-0.2, 0) is 10.0 Å². The number of nitrogens with two attached hydrogens (primary N) is 2. The number of benzene rings is 1. The summed E-state index contributed by atoms with van der Waals surface area (Å²) in [5.41, 5.74) is 14.1. The van der Waals surface area contributed by atoms with Gasteiger partial charge in [0.15, 0.2) is 5.96 Å². The summed E-state index contributed by atoms with van der Waals surface area (Å²) in [6, 6.07) is 6.25. The molecule has 6 N–H and O–H groups in total. The summed E-state index contributed by atoms with van der Waals surface area (Å²) in [5.74, 6) is 0.228. The Morgan fingerprint density at radius 1 is 1.39 bits per heavy atom. The molecule has 1 atom stereocenters. The Hall–Kier alpha value is -2.02. The number of halogens is 1. The van der Waals surface area contributed by atoms with Crippen molar-refractivity contribution in [2.24, 2.45) is 16.5 Å². The average Bonchev–Trinajstić information content (AvgIpc) is 3.10. The van der Waals surface area contributed by atoms with Crippen LogP contribution in [0.2, 0.25) is 0 Å². The van der Waals surface area contributed by atoms with Gasteiger partial charge in [-0.15, -0.1) is 35.5 Å². The number of guanidine groups is 1. The van der Waals surface area contributed by atoms with Crippen LogP contribution in [0.5, 0.6) is 0 Å². The molecule has 1 amide bonds. The Balaban J connectivity index is 0.00000392. The summed E-state index contributed by atoms with van der Waals surface area (Å²) in [5, 5.41) is 4.31. The van der Waals surface area contributed by atoms with Crippen molar-refractivity contribution in [3.05, 3.63) is 46.4 Å². The quantitative estimate of drug-likeness (QED) is 0.248. The molecule has 1 heterocycles. The fourth-order valence-electron chi connectivity index (χ4n) is 2.04. The van der Waals surface area contributed by atoms with Gasteiger partial charge in [0.2, 0.25) is 10.0 Å². The van der Waals surface area contributed by atoms with E-state index >= 15 is 0 Å². The molecule has 0 bridgehead atoms. The molecule has 154 valence electrons. The van der Waals surface area contributed by atoms with Crippen molar-refractivity contribution in [2.45, 2.75) is 5.37 Å². The molecule has 0 aliphatic heterocycles. The minimum Gasteiger partial charge on any atom is -0.370 e. The molecular weight excluding hydrogens is 444 g/mol. The number of carbonyl (C=O) groups is 1. The normalized spacial score (nSPS) is 11.8. The van der Waals surface area contributed by atoms with Gasteiger partial charge in [-0.05, 0) is 18.2 Å². The Kier molecular flexibility index (Phi) is 9.52. The van der Waals surface area contributed by atoms with E-state index < -0.39 is 10.0 Å². The van der Waals surface area contributed by atoms with Gasteiger partial charge in [-0.3, -0.25) is 9.52 Å². The van der Waals surface area contributed by atoms with E-state index in [-0.39, 0.29) is 29.6 Å². The van der Waals surface area contributed by atoms with Crippen LogP contribution in [0.15, 0.2) is 40.1 Å². The molecule has 0 aliphatic carbocycles. The van der Waals surface area contributed by atoms with Crippen molar-refractivity contribution in [1.29, 1.82) is 0 Å². The number of thiazole rings is 1. The highest BCUT2D eigenvalue weighted by atomic mass is 35.5. The SMILES string of the molecule is CS(=O)(=O)Nc1cccc(C(=O)NCCSC(N=C(N)N)c2cscn2)c1.Cl. The minimum atomic E-state index is -3.40. The highest BCUT2D eigenvalue weighted by Gasteiger charge is 2.14. The van der Waals surface area contributed by atoms with Gasteiger partial charge in [0, 0.05) is 28.9 Å². The van der Waals surface area contributed by atoms with Gasteiger partial charge in [-0.25, -0.2) is 18.4 Å². The molecule has 0 aliphatic rings. The van der Waals surface area contributed by atoms with Gasteiger partial charge < -0.3 is 16.8 Å². The average molecular weight is 465 g/mol. The number of thioether (sulfide) groups is 1. The number of carbonyl (C=O) groups excluding carboxylic acids is 1. The lowest BCUT2D eigenvalue weighted by atomic mass is 10.2. The molecule has 1 aromatic carbocycles. The number of nitrogens with one attached hydrogen (secondary N) is 2. The zero-order chi connectivity index (χ0) is 19.9. The summed E-state index contributed by atoms with van der Waals surface area (Å²) in [6.45, 7) is 0.383. The molecule has 9 nitrogen and oxygen atoms in total. The monoisotopic (exact) mass is 464 g/mol. The van der Waals surface area contributed by atoms with Crippen LogP contribution in [0.4, 0.5) is 5.69 Å². The van der Waals surface area contributed by atoms with E-state index in [1.54, 1.807) is 23.7 Å². The van der Waals surface area contributed by atoms with Gasteiger partial charge in [-0.1, -0.05) is 6.07 Å². The number of hydrogen-bond donors (Lipinski definition) is 4. The highest BCUT2D eigenvalue weighted by molar-refractivity contribution is 7.99. The maximum absolute atomic E-state index is 12.2. The van der Waals surface area contributed by atoms with E-state index in [0.29, 0.717) is 23.5 Å². The Bertz CT molecular complexity index is 902. The Morgan fingerprint density at radius 2 is 2.14 bits per heavy atom. The maximum atomic E-state index is 12.2. The van der Waals surface area contributed by atoms with Gasteiger partial charge in [0.05, 0.1) is 17.5 Å². The summed E-state index contributed by atoms with van der Waals surface area (Å²) in [4.78, 5) is 20.6. The second kappa shape index (κ2) is 11.1. The van der Waals surface area contributed by atoms with Crippen LogP contribution in [0.1, 0.15) is 21.4 Å². The van der Waals surface area contributed by atoms with Gasteiger partial charge in [0.25, 0.3) is 5.91 Å². The zero-order valence-corrected chi connectivity index (χ0v) is 18.1. The molecule has 13 heteroatoms. The Morgan fingerprint density at radius 3 is 2.75 bits per heavy atom. The molecule has 0 spiro atoms. The van der Waals surface area contributed by atoms with Crippen molar-refractivity contribution in [2.75, 3.05) is 23.3 Å². The lowest BCUT2D eigenvalue weighted by molar-refractivity contribution is 0.0956. The van der Waals surface area contributed by atoms with Gasteiger partial charge in [-0.2, -0.15) is 0 Å². The van der Waals surface area contributed by atoms with Crippen LogP contribution in [0.25, 0.3) is 0 Å².